The Kier molecular flexibility index (Phi) is 6.21. The second kappa shape index (κ2) is 9.74. The van der Waals surface area contributed by atoms with Gasteiger partial charge in [-0.1, -0.05) is 6.07 Å². The summed E-state index contributed by atoms with van der Waals surface area (Å²) in [5.41, 5.74) is 4.48. The molecule has 4 aromatic heterocycles. The molecule has 9 nitrogen and oxygen atoms in total. The second-order valence-corrected chi connectivity index (χ2v) is 7.98. The highest BCUT2D eigenvalue weighted by Crippen LogP contribution is 2.15. The Morgan fingerprint density at radius 3 is 2.36 bits per heavy atom. The topological polar surface area (TPSA) is 106 Å². The van der Waals surface area contributed by atoms with Gasteiger partial charge in [-0.05, 0) is 36.8 Å². The molecule has 4 aromatic rings. The minimum Gasteiger partial charge on any atom is -0.338 e. The number of nitrogens with zero attached hydrogens (tertiary/aromatic N) is 8. The number of hydrogen-bond acceptors (Lipinski definition) is 9. The molecule has 0 bridgehead atoms. The van der Waals surface area contributed by atoms with Gasteiger partial charge in [-0.3, -0.25) is 0 Å². The van der Waals surface area contributed by atoms with Crippen molar-refractivity contribution in [3.05, 3.63) is 83.6 Å². The fourth-order valence-electron chi connectivity index (χ4n) is 3.75. The van der Waals surface area contributed by atoms with Gasteiger partial charge in [0, 0.05) is 69.5 Å². The summed E-state index contributed by atoms with van der Waals surface area (Å²) in [4.78, 5) is 34.0. The molecular weight excluding hydrogens is 414 g/mol. The van der Waals surface area contributed by atoms with E-state index in [-0.39, 0.29) is 0 Å². The van der Waals surface area contributed by atoms with Crippen molar-refractivity contribution < 1.29 is 0 Å². The van der Waals surface area contributed by atoms with Crippen LogP contribution in [0.3, 0.4) is 0 Å². The van der Waals surface area contributed by atoms with E-state index in [9.17, 15) is 0 Å². The van der Waals surface area contributed by atoms with Gasteiger partial charge in [-0.15, -0.1) is 0 Å². The fourth-order valence-corrected chi connectivity index (χ4v) is 3.75. The van der Waals surface area contributed by atoms with E-state index in [1.165, 1.54) is 0 Å². The highest BCUT2D eigenvalue weighted by atomic mass is 15.3. The molecule has 1 aliphatic rings. The van der Waals surface area contributed by atoms with Crippen molar-refractivity contribution in [2.45, 2.75) is 19.8 Å². The molecule has 1 fully saturated rings. The predicted octanol–water partition coefficient (Wildman–Crippen LogP) is 2.02. The van der Waals surface area contributed by atoms with Crippen LogP contribution in [-0.4, -0.2) is 61.1 Å². The number of aryl methyl sites for hydroxylation is 1. The van der Waals surface area contributed by atoms with E-state index >= 15 is 0 Å². The lowest BCUT2D eigenvalue weighted by Crippen LogP contribution is -2.44. The van der Waals surface area contributed by atoms with Crippen LogP contribution in [0, 0.1) is 6.92 Å². The number of nitrogens with one attached hydrogen (secondary N) is 1. The number of anilines is 1. The molecule has 0 aromatic carbocycles. The van der Waals surface area contributed by atoms with Crippen LogP contribution in [0.25, 0.3) is 11.5 Å². The average molecular weight is 440 g/mol. The Morgan fingerprint density at radius 2 is 1.58 bits per heavy atom. The Bertz CT molecular complexity index is 1220. The van der Waals surface area contributed by atoms with Gasteiger partial charge in [0.15, 0.2) is 5.82 Å². The number of aromatic nitrogens is 7. The molecule has 33 heavy (non-hydrogen) atoms. The molecule has 9 heteroatoms. The molecule has 0 radical (unpaired) electrons. The van der Waals surface area contributed by atoms with Crippen molar-refractivity contribution in [2.75, 3.05) is 31.1 Å². The van der Waals surface area contributed by atoms with Gasteiger partial charge >= 0.3 is 0 Å². The third-order valence-corrected chi connectivity index (χ3v) is 5.41. The fraction of sp³-hybridized carbons (Fsp3) is 0.292. The lowest BCUT2D eigenvalue weighted by molar-refractivity contribution is 0.579. The summed E-state index contributed by atoms with van der Waals surface area (Å²) in [5.74, 6) is 2.13. The summed E-state index contributed by atoms with van der Waals surface area (Å²) >= 11 is 0. The molecule has 5 heterocycles. The Hall–Kier alpha value is -3.85. The third-order valence-electron chi connectivity index (χ3n) is 5.41. The van der Waals surface area contributed by atoms with Gasteiger partial charge < -0.3 is 10.2 Å². The number of rotatable bonds is 6. The van der Waals surface area contributed by atoms with Crippen molar-refractivity contribution in [3.63, 3.8) is 0 Å². The zero-order valence-electron chi connectivity index (χ0n) is 18.5. The zero-order chi connectivity index (χ0) is 22.5. The number of piperazine rings is 1. The van der Waals surface area contributed by atoms with Gasteiger partial charge in [-0.25, -0.2) is 34.9 Å². The smallest absolute Gasteiger partial charge is 0.225 e. The molecular formula is C24H25N9. The molecule has 0 spiro atoms. The molecule has 0 aliphatic carbocycles. The second-order valence-electron chi connectivity index (χ2n) is 7.98. The molecule has 166 valence electrons. The minimum absolute atomic E-state index is 0.581. The average Bonchev–Trinajstić information content (AvgIpc) is 2.85. The molecule has 0 saturated carbocycles. The SMILES string of the molecule is Cc1cccc(-c2nccc(Cc3ccnc(Cc4cnc(N5CCNCC5)nc4)n3)n2)n1. The zero-order valence-corrected chi connectivity index (χ0v) is 18.5. The van der Waals surface area contributed by atoms with Crippen LogP contribution in [0.15, 0.2) is 55.1 Å². The van der Waals surface area contributed by atoms with Gasteiger partial charge in [0.25, 0.3) is 0 Å². The third kappa shape index (κ3) is 5.32. The maximum atomic E-state index is 4.73. The van der Waals surface area contributed by atoms with E-state index in [1.54, 1.807) is 12.4 Å². The summed E-state index contributed by atoms with van der Waals surface area (Å²) in [6.45, 7) is 5.73. The van der Waals surface area contributed by atoms with Crippen LogP contribution in [0.4, 0.5) is 5.95 Å². The summed E-state index contributed by atoms with van der Waals surface area (Å²) in [6.07, 6.45) is 8.46. The Balaban J connectivity index is 1.27. The standard InChI is InChI=1S/C24H25N9/c1-17-3-2-4-21(30-17)23-27-8-6-20(32-23)14-19-5-7-26-22(31-19)13-18-15-28-24(29-16-18)33-11-9-25-10-12-33/h2-8,15-16,25H,9-14H2,1H3. The van der Waals surface area contributed by atoms with E-state index < -0.39 is 0 Å². The number of pyridine rings is 1. The minimum atomic E-state index is 0.581. The molecule has 1 aliphatic heterocycles. The highest BCUT2D eigenvalue weighted by molar-refractivity contribution is 5.49. The van der Waals surface area contributed by atoms with E-state index in [1.807, 2.05) is 49.6 Å². The first-order chi connectivity index (χ1) is 16.2. The van der Waals surface area contributed by atoms with Crippen LogP contribution >= 0.6 is 0 Å². The van der Waals surface area contributed by atoms with Crippen molar-refractivity contribution >= 4 is 5.95 Å². The maximum absolute atomic E-state index is 4.73. The highest BCUT2D eigenvalue weighted by Gasteiger charge is 2.13. The molecule has 1 saturated heterocycles. The van der Waals surface area contributed by atoms with Crippen LogP contribution in [0.1, 0.15) is 28.5 Å². The number of hydrogen-bond donors (Lipinski definition) is 1. The summed E-state index contributed by atoms with van der Waals surface area (Å²) in [7, 11) is 0. The van der Waals surface area contributed by atoms with Gasteiger partial charge in [0.2, 0.25) is 5.95 Å². The van der Waals surface area contributed by atoms with Crippen molar-refractivity contribution in [1.29, 1.82) is 0 Å². The summed E-state index contributed by atoms with van der Waals surface area (Å²) in [6, 6.07) is 9.66. The summed E-state index contributed by atoms with van der Waals surface area (Å²) in [5, 5.41) is 3.34. The first kappa shape index (κ1) is 21.0. The molecule has 0 atom stereocenters. The van der Waals surface area contributed by atoms with Gasteiger partial charge in [-0.2, -0.15) is 0 Å². The van der Waals surface area contributed by atoms with E-state index in [0.717, 1.165) is 66.3 Å². The van der Waals surface area contributed by atoms with Crippen LogP contribution in [-0.2, 0) is 12.8 Å². The van der Waals surface area contributed by atoms with Gasteiger partial charge in [0.1, 0.15) is 11.5 Å². The largest absolute Gasteiger partial charge is 0.338 e. The van der Waals surface area contributed by atoms with Crippen LogP contribution in [0.2, 0.25) is 0 Å². The van der Waals surface area contributed by atoms with Crippen molar-refractivity contribution in [2.24, 2.45) is 0 Å². The maximum Gasteiger partial charge on any atom is 0.225 e. The Labute approximate surface area is 192 Å². The summed E-state index contributed by atoms with van der Waals surface area (Å²) < 4.78 is 0. The molecule has 1 N–H and O–H groups in total. The lowest BCUT2D eigenvalue weighted by atomic mass is 10.2. The van der Waals surface area contributed by atoms with Crippen molar-refractivity contribution in [3.8, 4) is 11.5 Å². The monoisotopic (exact) mass is 439 g/mol. The predicted molar refractivity (Wildman–Crippen MR) is 125 cm³/mol. The molecule has 0 amide bonds. The van der Waals surface area contributed by atoms with E-state index in [2.05, 4.69) is 40.1 Å². The normalized spacial score (nSPS) is 13.8. The Morgan fingerprint density at radius 1 is 0.818 bits per heavy atom. The lowest BCUT2D eigenvalue weighted by Gasteiger charge is -2.27. The molecule has 0 unspecified atom stereocenters. The van der Waals surface area contributed by atoms with Crippen LogP contribution in [0.5, 0.6) is 0 Å². The first-order valence-electron chi connectivity index (χ1n) is 11.1. The quantitative estimate of drug-likeness (QED) is 0.483. The van der Waals surface area contributed by atoms with E-state index in [4.69, 9.17) is 4.98 Å². The van der Waals surface area contributed by atoms with Crippen LogP contribution < -0.4 is 10.2 Å². The first-order valence-corrected chi connectivity index (χ1v) is 11.1. The van der Waals surface area contributed by atoms with Crippen molar-refractivity contribution in [1.82, 2.24) is 40.2 Å². The molecule has 5 rings (SSSR count). The van der Waals surface area contributed by atoms with E-state index in [0.29, 0.717) is 18.7 Å². The van der Waals surface area contributed by atoms with Gasteiger partial charge in [0.05, 0.1) is 11.4 Å².